The normalized spacial score (nSPS) is 11.6. The number of fused-ring (bicyclic) bond motifs is 2. The molecule has 0 saturated heterocycles. The Kier molecular flexibility index (Phi) is 4.15. The maximum Gasteiger partial charge on any atom is 0.333 e. The van der Waals surface area contributed by atoms with Crippen LogP contribution in [0.1, 0.15) is 5.56 Å². The molecule has 142 valence electrons. The number of aromatic nitrogens is 5. The number of imidazole rings is 1. The van der Waals surface area contributed by atoms with E-state index in [1.165, 1.54) is 22.5 Å². The molecule has 0 aliphatic rings. The molecule has 3 N–H and O–H groups in total. The first-order valence-electron chi connectivity index (χ1n) is 8.52. The number of hydrogen-bond donors (Lipinski definition) is 3. The van der Waals surface area contributed by atoms with Gasteiger partial charge in [0.15, 0.2) is 6.54 Å². The number of nitrogens with zero attached hydrogens (tertiary/aromatic N) is 4. The minimum absolute atomic E-state index is 0.126. The summed E-state index contributed by atoms with van der Waals surface area (Å²) in [5.41, 5.74) is 3.94. The average molecular weight is 380 g/mol. The van der Waals surface area contributed by atoms with Gasteiger partial charge in [-0.25, -0.2) is 19.8 Å². The van der Waals surface area contributed by atoms with Crippen LogP contribution in [0.5, 0.6) is 0 Å². The molecular weight excluding hydrogens is 362 g/mol. The summed E-state index contributed by atoms with van der Waals surface area (Å²) >= 11 is 0. The molecule has 0 radical (unpaired) electrons. The fourth-order valence-electron chi connectivity index (χ4n) is 3.14. The molecule has 0 bridgehead atoms. The van der Waals surface area contributed by atoms with Gasteiger partial charge in [0.25, 0.3) is 17.1 Å². The fourth-order valence-corrected chi connectivity index (χ4v) is 3.14. The van der Waals surface area contributed by atoms with Crippen molar-refractivity contribution in [3.8, 4) is 0 Å². The highest BCUT2D eigenvalue weighted by atomic mass is 16.2. The van der Waals surface area contributed by atoms with Crippen LogP contribution in [0, 0.1) is 0 Å². The van der Waals surface area contributed by atoms with Gasteiger partial charge in [-0.15, -0.1) is 0 Å². The van der Waals surface area contributed by atoms with E-state index in [0.717, 1.165) is 21.0 Å². The Morgan fingerprint density at radius 1 is 1.21 bits per heavy atom. The molecule has 1 aromatic carbocycles. The second kappa shape index (κ2) is 6.65. The summed E-state index contributed by atoms with van der Waals surface area (Å²) in [4.78, 5) is 42.6. The van der Waals surface area contributed by atoms with Gasteiger partial charge in [-0.1, -0.05) is 18.2 Å². The van der Waals surface area contributed by atoms with Crippen LogP contribution in [0.15, 0.2) is 51.5 Å². The molecular formula is C18H18N7O3+. The van der Waals surface area contributed by atoms with Gasteiger partial charge in [-0.05, 0) is 6.07 Å². The van der Waals surface area contributed by atoms with E-state index in [9.17, 15) is 14.4 Å². The molecule has 3 heterocycles. The third kappa shape index (κ3) is 2.80. The van der Waals surface area contributed by atoms with Crippen molar-refractivity contribution in [2.45, 2.75) is 6.54 Å². The lowest BCUT2D eigenvalue weighted by molar-refractivity contribution is -0.659. The molecule has 3 aromatic heterocycles. The molecule has 0 aliphatic carbocycles. The Labute approximate surface area is 157 Å². The fraction of sp³-hybridized carbons (Fsp3) is 0.167. The first kappa shape index (κ1) is 17.5. The molecule has 4 aromatic rings. The smallest absolute Gasteiger partial charge is 0.333 e. The summed E-state index contributed by atoms with van der Waals surface area (Å²) < 4.78 is 3.77. The van der Waals surface area contributed by atoms with Crippen molar-refractivity contribution >= 4 is 34.2 Å². The van der Waals surface area contributed by atoms with Crippen LogP contribution < -0.4 is 21.2 Å². The van der Waals surface area contributed by atoms with Crippen LogP contribution >= 0.6 is 0 Å². The van der Waals surface area contributed by atoms with Gasteiger partial charge in [-0.2, -0.15) is 5.10 Å². The number of rotatable bonds is 4. The molecule has 0 saturated carbocycles. The van der Waals surface area contributed by atoms with E-state index < -0.39 is 17.2 Å². The standard InChI is InChI=1S/C18H17N7O3/c1-23-16-15(17(27)24(2)18(23)28)25(10-20-16)9-14(26)22-21-8-11-7-19-13-6-4-3-5-12(11)13/h3-8,10H,9H2,1-2H3,(H2,19,21,22,26)/p+1. The highest BCUT2D eigenvalue weighted by Gasteiger charge is 2.21. The number of amides is 1. The van der Waals surface area contributed by atoms with Gasteiger partial charge in [0.1, 0.15) is 0 Å². The number of carbonyl (C=O) groups excluding carboxylic acids is 1. The third-order valence-corrected chi connectivity index (χ3v) is 4.61. The number of hydrogen-bond acceptors (Lipinski definition) is 4. The van der Waals surface area contributed by atoms with Crippen molar-refractivity contribution in [1.82, 2.24) is 24.5 Å². The lowest BCUT2D eigenvalue weighted by Crippen LogP contribution is -2.46. The zero-order valence-corrected chi connectivity index (χ0v) is 15.3. The molecule has 10 heteroatoms. The quantitative estimate of drug-likeness (QED) is 0.251. The van der Waals surface area contributed by atoms with Crippen LogP contribution in [0.4, 0.5) is 0 Å². The lowest BCUT2D eigenvalue weighted by Gasteiger charge is -2.01. The largest absolute Gasteiger partial charge is 0.361 e. The molecule has 0 spiro atoms. The third-order valence-electron chi connectivity index (χ3n) is 4.61. The molecule has 10 nitrogen and oxygen atoms in total. The lowest BCUT2D eigenvalue weighted by atomic mass is 10.2. The Balaban J connectivity index is 1.55. The first-order chi connectivity index (χ1) is 13.5. The number of benzene rings is 1. The summed E-state index contributed by atoms with van der Waals surface area (Å²) in [6.45, 7) is -0.126. The van der Waals surface area contributed by atoms with Crippen LogP contribution in [-0.2, 0) is 25.4 Å². The number of aryl methyl sites for hydroxylation is 1. The minimum atomic E-state index is -0.477. The number of nitrogens with one attached hydrogen (secondary N) is 3. The molecule has 28 heavy (non-hydrogen) atoms. The summed E-state index contributed by atoms with van der Waals surface area (Å²) in [6.07, 6.45) is 4.84. The Morgan fingerprint density at radius 2 is 2.00 bits per heavy atom. The molecule has 0 fully saturated rings. The van der Waals surface area contributed by atoms with Crippen molar-refractivity contribution in [2.75, 3.05) is 0 Å². The second-order valence-corrected chi connectivity index (χ2v) is 6.39. The van der Waals surface area contributed by atoms with Gasteiger partial charge in [0.2, 0.25) is 6.33 Å². The SMILES string of the molecule is Cn1c(=O)c2c([nH]c[n+]2CC(=O)NN=Cc2c[nH]c3ccccc23)n(C)c1=O. The average Bonchev–Trinajstić information content (AvgIpc) is 3.29. The van der Waals surface area contributed by atoms with Crippen molar-refractivity contribution in [3.63, 3.8) is 0 Å². The van der Waals surface area contributed by atoms with Crippen molar-refractivity contribution in [2.24, 2.45) is 19.2 Å². The van der Waals surface area contributed by atoms with E-state index >= 15 is 0 Å². The molecule has 0 aliphatic heterocycles. The Bertz CT molecular complexity index is 1350. The van der Waals surface area contributed by atoms with Crippen LogP contribution in [0.25, 0.3) is 22.1 Å². The van der Waals surface area contributed by atoms with E-state index in [0.29, 0.717) is 5.65 Å². The second-order valence-electron chi connectivity index (χ2n) is 6.39. The molecule has 0 unspecified atom stereocenters. The number of aromatic amines is 2. The monoisotopic (exact) mass is 380 g/mol. The van der Waals surface area contributed by atoms with Gasteiger partial charge in [0, 0.05) is 36.8 Å². The van der Waals surface area contributed by atoms with E-state index in [1.54, 1.807) is 19.5 Å². The van der Waals surface area contributed by atoms with Crippen LogP contribution in [0.3, 0.4) is 0 Å². The molecule has 4 rings (SSSR count). The van der Waals surface area contributed by atoms with Crippen LogP contribution in [0.2, 0.25) is 0 Å². The zero-order valence-electron chi connectivity index (χ0n) is 15.3. The van der Waals surface area contributed by atoms with Crippen molar-refractivity contribution < 1.29 is 9.36 Å². The topological polar surface area (TPSA) is 121 Å². The van der Waals surface area contributed by atoms with Gasteiger partial charge in [-0.3, -0.25) is 18.7 Å². The van der Waals surface area contributed by atoms with Gasteiger partial charge >= 0.3 is 11.2 Å². The maximum absolute atomic E-state index is 12.4. The van der Waals surface area contributed by atoms with E-state index in [4.69, 9.17) is 0 Å². The van der Waals surface area contributed by atoms with Crippen molar-refractivity contribution in [1.29, 1.82) is 0 Å². The highest BCUT2D eigenvalue weighted by Crippen LogP contribution is 2.15. The van der Waals surface area contributed by atoms with E-state index in [2.05, 4.69) is 20.5 Å². The predicted molar refractivity (Wildman–Crippen MR) is 103 cm³/mol. The predicted octanol–water partition coefficient (Wildman–Crippen LogP) is -0.516. The molecule has 1 amide bonds. The van der Waals surface area contributed by atoms with E-state index in [1.807, 2.05) is 24.3 Å². The first-order valence-corrected chi connectivity index (χ1v) is 8.52. The Hall–Kier alpha value is -3.95. The van der Waals surface area contributed by atoms with Gasteiger partial charge in [0.05, 0.1) is 6.21 Å². The van der Waals surface area contributed by atoms with E-state index in [-0.39, 0.29) is 12.1 Å². The number of H-pyrrole nitrogens is 2. The molecule has 0 atom stereocenters. The number of hydrazone groups is 1. The summed E-state index contributed by atoms with van der Waals surface area (Å²) in [6, 6.07) is 7.76. The van der Waals surface area contributed by atoms with Gasteiger partial charge < -0.3 is 4.98 Å². The number of carbonyl (C=O) groups is 1. The van der Waals surface area contributed by atoms with Crippen LogP contribution in [-0.4, -0.2) is 31.2 Å². The van der Waals surface area contributed by atoms with Crippen molar-refractivity contribution in [3.05, 3.63) is 63.2 Å². The highest BCUT2D eigenvalue weighted by molar-refractivity contribution is 5.99. The summed E-state index contributed by atoms with van der Waals surface area (Å²) in [5.74, 6) is -0.405. The zero-order chi connectivity index (χ0) is 19.8. The Morgan fingerprint density at radius 3 is 2.82 bits per heavy atom. The summed E-state index contributed by atoms with van der Waals surface area (Å²) in [5, 5.41) is 4.99. The maximum atomic E-state index is 12.4. The minimum Gasteiger partial charge on any atom is -0.361 e. The number of para-hydroxylation sites is 1. The summed E-state index contributed by atoms with van der Waals surface area (Å²) in [7, 11) is 2.95.